The van der Waals surface area contributed by atoms with Crippen molar-refractivity contribution in [1.82, 2.24) is 0 Å². The minimum Gasteiger partial charge on any atom is -0.499 e. The maximum absolute atomic E-state index is 13.7. The summed E-state index contributed by atoms with van der Waals surface area (Å²) in [5.74, 6) is 0.252. The van der Waals surface area contributed by atoms with Crippen LogP contribution in [0, 0.1) is 29.6 Å². The third kappa shape index (κ3) is 3.45. The van der Waals surface area contributed by atoms with E-state index < -0.39 is 43.5 Å². The number of ether oxygens (including phenoxy) is 2. The number of halogens is 6. The molecule has 4 saturated carbocycles. The minimum atomic E-state index is -5.53. The maximum Gasteiger partial charge on any atom is 0.426 e. The lowest BCUT2D eigenvalue weighted by Gasteiger charge is -2.56. The second-order valence-corrected chi connectivity index (χ2v) is 8.01. The van der Waals surface area contributed by atoms with Gasteiger partial charge in [-0.15, -0.1) is 0 Å². The highest BCUT2D eigenvalue weighted by Gasteiger charge is 2.73. The molecule has 0 spiro atoms. The van der Waals surface area contributed by atoms with E-state index in [-0.39, 0.29) is 11.8 Å². The second kappa shape index (κ2) is 6.91. The zero-order chi connectivity index (χ0) is 19.2. The van der Waals surface area contributed by atoms with Crippen LogP contribution in [-0.4, -0.2) is 31.2 Å². The molecule has 4 fully saturated rings. The van der Waals surface area contributed by atoms with Crippen molar-refractivity contribution in [2.75, 3.05) is 13.2 Å². The Balaban J connectivity index is 1.84. The normalized spacial score (nSPS) is 34.2. The molecule has 0 aromatic rings. The fourth-order valence-corrected chi connectivity index (χ4v) is 5.67. The van der Waals surface area contributed by atoms with Crippen molar-refractivity contribution in [3.8, 4) is 0 Å². The van der Waals surface area contributed by atoms with Crippen LogP contribution in [-0.2, 0) is 9.47 Å². The number of alkyl halides is 6. The van der Waals surface area contributed by atoms with E-state index in [4.69, 9.17) is 0 Å². The number of rotatable bonds is 7. The van der Waals surface area contributed by atoms with E-state index in [9.17, 15) is 26.3 Å². The summed E-state index contributed by atoms with van der Waals surface area (Å²) >= 11 is 0. The Bertz CT molecular complexity index is 471. The van der Waals surface area contributed by atoms with Crippen LogP contribution in [0.25, 0.3) is 0 Å². The van der Waals surface area contributed by atoms with Crippen LogP contribution in [0.3, 0.4) is 0 Å². The van der Waals surface area contributed by atoms with E-state index in [1.165, 1.54) is 0 Å². The van der Waals surface area contributed by atoms with Gasteiger partial charge in [0.2, 0.25) is 0 Å². The molecule has 4 bridgehead atoms. The molecule has 26 heavy (non-hydrogen) atoms. The van der Waals surface area contributed by atoms with E-state index in [2.05, 4.69) is 16.1 Å². The summed E-state index contributed by atoms with van der Waals surface area (Å²) in [6.07, 6.45) is -7.05. The van der Waals surface area contributed by atoms with Crippen molar-refractivity contribution in [3.05, 3.63) is 12.8 Å². The van der Waals surface area contributed by atoms with Gasteiger partial charge >= 0.3 is 12.4 Å². The lowest BCUT2D eigenvalue weighted by Crippen LogP contribution is -2.62. The molecule has 4 aliphatic carbocycles. The summed E-state index contributed by atoms with van der Waals surface area (Å²) in [7, 11) is 0. The number of hydrogen-bond acceptors (Lipinski definition) is 2. The van der Waals surface area contributed by atoms with Crippen LogP contribution >= 0.6 is 0 Å². The predicted molar refractivity (Wildman–Crippen MR) is 82.1 cm³/mol. The Morgan fingerprint density at radius 1 is 0.808 bits per heavy atom. The molecule has 4 rings (SSSR count). The van der Waals surface area contributed by atoms with Crippen molar-refractivity contribution >= 4 is 0 Å². The van der Waals surface area contributed by atoms with E-state index in [0.717, 1.165) is 38.4 Å². The smallest absolute Gasteiger partial charge is 0.426 e. The topological polar surface area (TPSA) is 18.5 Å². The highest BCUT2D eigenvalue weighted by molar-refractivity contribution is 5.04. The molecule has 0 amide bonds. The predicted octanol–water partition coefficient (Wildman–Crippen LogP) is 5.49. The van der Waals surface area contributed by atoms with Crippen LogP contribution < -0.4 is 0 Å². The molecule has 0 atom stereocenters. The van der Waals surface area contributed by atoms with Crippen LogP contribution in [0.5, 0.6) is 0 Å². The maximum atomic E-state index is 13.7. The van der Waals surface area contributed by atoms with Crippen molar-refractivity contribution in [3.63, 3.8) is 0 Å². The molecule has 8 heteroatoms. The summed E-state index contributed by atoms with van der Waals surface area (Å²) in [6, 6.07) is 0. The Hall–Kier alpha value is -0.920. The van der Waals surface area contributed by atoms with Crippen molar-refractivity contribution < 1.29 is 35.8 Å². The van der Waals surface area contributed by atoms with Crippen LogP contribution in [0.4, 0.5) is 26.3 Å². The zero-order valence-electron chi connectivity index (χ0n) is 14.4. The van der Waals surface area contributed by atoms with Gasteiger partial charge in [0.15, 0.2) is 0 Å². The van der Waals surface area contributed by atoms with Crippen molar-refractivity contribution in [1.29, 1.82) is 0 Å². The molecule has 0 N–H and O–H groups in total. The summed E-state index contributed by atoms with van der Waals surface area (Å²) < 4.78 is 91.3. The van der Waals surface area contributed by atoms with Gasteiger partial charge in [0, 0.05) is 0 Å². The molecule has 0 saturated heterocycles. The molecule has 2 nitrogen and oxygen atoms in total. The van der Waals surface area contributed by atoms with Gasteiger partial charge in [-0.25, -0.2) is 0 Å². The van der Waals surface area contributed by atoms with E-state index in [0.29, 0.717) is 11.8 Å². The molecule has 4 aliphatic rings. The van der Waals surface area contributed by atoms with Gasteiger partial charge < -0.3 is 9.47 Å². The van der Waals surface area contributed by atoms with Gasteiger partial charge in [0.1, 0.15) is 6.61 Å². The van der Waals surface area contributed by atoms with E-state index >= 15 is 0 Å². The largest absolute Gasteiger partial charge is 0.499 e. The first kappa shape index (κ1) is 19.8. The lowest BCUT2D eigenvalue weighted by molar-refractivity contribution is -0.389. The fourth-order valence-electron chi connectivity index (χ4n) is 5.67. The first-order chi connectivity index (χ1) is 12.1. The standard InChI is InChI=1S/C18H24F6O2/c1-2-25-3-4-26-16(17(19,20)21,18(22,23)24)10-15-13-6-11-5-12(8-13)9-14(15)7-11/h2,11-15H,1,3-10H2. The fraction of sp³-hybridized carbons (Fsp3) is 0.889. The average molecular weight is 386 g/mol. The molecule has 0 radical (unpaired) electrons. The lowest BCUT2D eigenvalue weighted by atomic mass is 9.50. The number of hydrogen-bond donors (Lipinski definition) is 0. The van der Waals surface area contributed by atoms with Crippen molar-refractivity contribution in [2.24, 2.45) is 29.6 Å². The van der Waals surface area contributed by atoms with Gasteiger partial charge in [-0.1, -0.05) is 6.58 Å². The molecule has 0 unspecified atom stereocenters. The molecular formula is C18H24F6O2. The minimum absolute atomic E-state index is 0.0525. The highest BCUT2D eigenvalue weighted by Crippen LogP contribution is 2.61. The molecule has 0 heterocycles. The highest BCUT2D eigenvalue weighted by atomic mass is 19.4. The molecule has 0 aromatic carbocycles. The van der Waals surface area contributed by atoms with Crippen LogP contribution in [0.2, 0.25) is 0 Å². The molecular weight excluding hydrogens is 362 g/mol. The van der Waals surface area contributed by atoms with Gasteiger partial charge in [-0.3, -0.25) is 0 Å². The van der Waals surface area contributed by atoms with Gasteiger partial charge in [-0.05, 0) is 68.1 Å². The first-order valence-electron chi connectivity index (χ1n) is 9.07. The van der Waals surface area contributed by atoms with Gasteiger partial charge in [-0.2, -0.15) is 26.3 Å². The third-order valence-electron chi connectivity index (χ3n) is 6.53. The second-order valence-electron chi connectivity index (χ2n) is 8.01. The molecule has 0 aromatic heterocycles. The van der Waals surface area contributed by atoms with Gasteiger partial charge in [0.05, 0.1) is 12.9 Å². The Labute approximate surface area is 148 Å². The Morgan fingerprint density at radius 3 is 1.73 bits per heavy atom. The van der Waals surface area contributed by atoms with Crippen LogP contribution in [0.1, 0.15) is 38.5 Å². The van der Waals surface area contributed by atoms with Crippen LogP contribution in [0.15, 0.2) is 12.8 Å². The summed E-state index contributed by atoms with van der Waals surface area (Å²) in [5, 5.41) is 0. The Kier molecular flexibility index (Phi) is 5.27. The zero-order valence-corrected chi connectivity index (χ0v) is 14.4. The van der Waals surface area contributed by atoms with E-state index in [1.54, 1.807) is 0 Å². The average Bonchev–Trinajstić information content (AvgIpc) is 2.49. The van der Waals surface area contributed by atoms with Gasteiger partial charge in [0.25, 0.3) is 5.60 Å². The summed E-state index contributed by atoms with van der Waals surface area (Å²) in [6.45, 7) is 2.02. The summed E-state index contributed by atoms with van der Waals surface area (Å²) in [5.41, 5.74) is -4.13. The monoisotopic (exact) mass is 386 g/mol. The Morgan fingerprint density at radius 2 is 1.31 bits per heavy atom. The SMILES string of the molecule is C=COCCOC(CC1C2CC3CC(C2)CC1C3)(C(F)(F)F)C(F)(F)F. The molecule has 150 valence electrons. The van der Waals surface area contributed by atoms with Crippen molar-refractivity contribution in [2.45, 2.75) is 56.5 Å². The summed E-state index contributed by atoms with van der Waals surface area (Å²) in [4.78, 5) is 0. The molecule has 0 aliphatic heterocycles. The third-order valence-corrected chi connectivity index (χ3v) is 6.53. The first-order valence-corrected chi connectivity index (χ1v) is 9.07. The quantitative estimate of drug-likeness (QED) is 0.327. The van der Waals surface area contributed by atoms with E-state index in [1.807, 2.05) is 0 Å².